The van der Waals surface area contributed by atoms with E-state index in [-0.39, 0.29) is 11.1 Å². The van der Waals surface area contributed by atoms with Gasteiger partial charge in [-0.15, -0.1) is 0 Å². The Kier molecular flexibility index (Phi) is 8.79. The summed E-state index contributed by atoms with van der Waals surface area (Å²) in [5.74, 6) is -0.489. The summed E-state index contributed by atoms with van der Waals surface area (Å²) in [4.78, 5) is 16.4. The summed E-state index contributed by atoms with van der Waals surface area (Å²) < 4.78 is 40.8. The highest BCUT2D eigenvalue weighted by atomic mass is 19.4. The van der Waals surface area contributed by atoms with Crippen molar-refractivity contribution in [2.45, 2.75) is 59.7 Å². The molecule has 0 spiro atoms. The third-order valence-electron chi connectivity index (χ3n) is 6.63. The molecular formula is C30H34F3N3O. The van der Waals surface area contributed by atoms with Crippen molar-refractivity contribution in [3.05, 3.63) is 107 Å². The highest BCUT2D eigenvalue weighted by Crippen LogP contribution is 2.45. The second-order valence-electron chi connectivity index (χ2n) is 10.1. The molecule has 4 nitrogen and oxygen atoms in total. The van der Waals surface area contributed by atoms with Crippen LogP contribution in [0.3, 0.4) is 0 Å². The number of carbonyl (C=O) groups excluding carboxylic acids is 1. The minimum Gasteiger partial charge on any atom is -0.330 e. The number of imidazole rings is 1. The number of alkyl halides is 3. The van der Waals surface area contributed by atoms with E-state index in [2.05, 4.69) is 47.8 Å². The molecule has 0 bridgehead atoms. The number of nitrogens with one attached hydrogen (secondary N) is 1. The first-order valence-corrected chi connectivity index (χ1v) is 12.2. The number of halogens is 3. The van der Waals surface area contributed by atoms with Crippen LogP contribution in [0.15, 0.2) is 102 Å². The van der Waals surface area contributed by atoms with Gasteiger partial charge in [0, 0.05) is 24.2 Å². The van der Waals surface area contributed by atoms with Crippen LogP contribution in [0.1, 0.15) is 59.1 Å². The van der Waals surface area contributed by atoms with Crippen LogP contribution in [0, 0.1) is 5.41 Å². The van der Waals surface area contributed by atoms with E-state index in [1.807, 2.05) is 37.8 Å². The van der Waals surface area contributed by atoms with E-state index in [4.69, 9.17) is 0 Å². The summed E-state index contributed by atoms with van der Waals surface area (Å²) in [7, 11) is 0. The summed E-state index contributed by atoms with van der Waals surface area (Å²) in [5.41, 5.74) is 3.78. The molecule has 1 N–H and O–H groups in total. The number of allylic oxidation sites excluding steroid dienone is 9. The Morgan fingerprint density at radius 2 is 1.95 bits per heavy atom. The smallest absolute Gasteiger partial charge is 0.330 e. The first-order chi connectivity index (χ1) is 17.4. The number of rotatable bonds is 7. The molecule has 0 fully saturated rings. The van der Waals surface area contributed by atoms with Crippen molar-refractivity contribution in [2.24, 2.45) is 5.41 Å². The van der Waals surface area contributed by atoms with Crippen LogP contribution in [0.25, 0.3) is 0 Å². The van der Waals surface area contributed by atoms with Gasteiger partial charge in [0.05, 0.1) is 17.9 Å². The summed E-state index contributed by atoms with van der Waals surface area (Å²) in [6.07, 6.45) is 14.6. The maximum atomic E-state index is 12.9. The monoisotopic (exact) mass is 509 g/mol. The zero-order valence-corrected chi connectivity index (χ0v) is 21.9. The number of aromatic nitrogens is 2. The normalized spacial score (nSPS) is 19.2. The molecule has 0 aliphatic heterocycles. The molecule has 1 amide bonds. The molecule has 0 radical (unpaired) electrons. The molecule has 1 aliphatic rings. The minimum atomic E-state index is -4.46. The first kappa shape index (κ1) is 28.0. The number of hydrogen-bond donors (Lipinski definition) is 1. The number of hydrogen-bond acceptors (Lipinski definition) is 2. The fourth-order valence-electron chi connectivity index (χ4n) is 4.57. The van der Waals surface area contributed by atoms with Gasteiger partial charge in [-0.3, -0.25) is 4.79 Å². The van der Waals surface area contributed by atoms with E-state index < -0.39 is 17.6 Å². The molecule has 1 unspecified atom stereocenters. The van der Waals surface area contributed by atoms with E-state index in [9.17, 15) is 18.0 Å². The van der Waals surface area contributed by atoms with E-state index >= 15 is 0 Å². The molecule has 0 saturated carbocycles. The topological polar surface area (TPSA) is 46.9 Å². The Hall–Kier alpha value is -3.61. The summed E-state index contributed by atoms with van der Waals surface area (Å²) in [6, 6.07) is 4.88. The second-order valence-corrected chi connectivity index (χ2v) is 10.1. The molecule has 37 heavy (non-hydrogen) atoms. The summed E-state index contributed by atoms with van der Waals surface area (Å²) in [6.45, 7) is 10.5. The largest absolute Gasteiger partial charge is 0.416 e. The molecule has 3 rings (SSSR count). The predicted molar refractivity (Wildman–Crippen MR) is 143 cm³/mol. The van der Waals surface area contributed by atoms with Crippen LogP contribution in [0.2, 0.25) is 0 Å². The quantitative estimate of drug-likeness (QED) is 0.302. The van der Waals surface area contributed by atoms with Crippen molar-refractivity contribution in [1.82, 2.24) is 9.55 Å². The van der Waals surface area contributed by atoms with Gasteiger partial charge in [0.2, 0.25) is 5.91 Å². The van der Waals surface area contributed by atoms with Gasteiger partial charge in [-0.05, 0) is 73.9 Å². The van der Waals surface area contributed by atoms with E-state index in [0.29, 0.717) is 11.6 Å². The van der Waals surface area contributed by atoms with Crippen LogP contribution >= 0.6 is 0 Å². The van der Waals surface area contributed by atoms with Crippen molar-refractivity contribution < 1.29 is 18.0 Å². The van der Waals surface area contributed by atoms with Gasteiger partial charge < -0.3 is 9.88 Å². The lowest BCUT2D eigenvalue weighted by molar-refractivity contribution is -0.137. The average molecular weight is 510 g/mol. The maximum Gasteiger partial charge on any atom is 0.416 e. The average Bonchev–Trinajstić information content (AvgIpc) is 3.32. The number of amides is 1. The fraction of sp³-hybridized carbons (Fsp3) is 0.333. The van der Waals surface area contributed by atoms with Crippen LogP contribution in [-0.2, 0) is 11.0 Å². The van der Waals surface area contributed by atoms with Gasteiger partial charge in [-0.1, -0.05) is 55.9 Å². The van der Waals surface area contributed by atoms with Crippen LogP contribution in [0.4, 0.5) is 18.9 Å². The Morgan fingerprint density at radius 3 is 2.62 bits per heavy atom. The molecule has 1 aliphatic carbocycles. The minimum absolute atomic E-state index is 0.0834. The van der Waals surface area contributed by atoms with Crippen LogP contribution in [0.5, 0.6) is 0 Å². The van der Waals surface area contributed by atoms with Crippen molar-refractivity contribution in [3.63, 3.8) is 0 Å². The van der Waals surface area contributed by atoms with E-state index in [1.54, 1.807) is 13.0 Å². The molecule has 0 saturated heterocycles. The molecule has 196 valence electrons. The van der Waals surface area contributed by atoms with E-state index in [0.717, 1.165) is 30.5 Å². The highest BCUT2D eigenvalue weighted by Gasteiger charge is 2.32. The van der Waals surface area contributed by atoms with Crippen molar-refractivity contribution >= 4 is 11.6 Å². The zero-order valence-electron chi connectivity index (χ0n) is 21.9. The molecule has 1 aromatic heterocycles. The number of carbonyl (C=O) groups is 1. The third kappa shape index (κ3) is 7.68. The Morgan fingerprint density at radius 1 is 1.19 bits per heavy atom. The van der Waals surface area contributed by atoms with Gasteiger partial charge in [0.25, 0.3) is 0 Å². The van der Waals surface area contributed by atoms with Gasteiger partial charge in [0.15, 0.2) is 0 Å². The molecular weight excluding hydrogens is 475 g/mol. The summed E-state index contributed by atoms with van der Waals surface area (Å²) >= 11 is 0. The first-order valence-electron chi connectivity index (χ1n) is 12.2. The molecule has 1 heterocycles. The number of anilines is 1. The molecule has 7 heteroatoms. The lowest BCUT2D eigenvalue weighted by Crippen LogP contribution is -2.25. The SMILES string of the molecule is CC(C=CC1=C(C)C(n2ccnc2)CCC1(C)C)=CC=CC(C)=CC(=O)Nc1cccc(C(F)(F)F)c1. The van der Waals surface area contributed by atoms with Crippen LogP contribution in [-0.4, -0.2) is 15.5 Å². The molecule has 1 atom stereocenters. The number of nitrogens with zero attached hydrogens (tertiary/aromatic N) is 2. The standard InChI is InChI=1S/C30H34F3N3O/c1-21(12-13-26-23(3)27(14-15-29(26,4)5)36-17-16-34-20-36)8-6-9-22(2)18-28(37)35-25-11-7-10-24(19-25)30(31,32)33/h6-13,16-20,27H,14-15H2,1-5H3,(H,35,37). The maximum absolute atomic E-state index is 12.9. The lowest BCUT2D eigenvalue weighted by Gasteiger charge is -2.37. The highest BCUT2D eigenvalue weighted by molar-refractivity contribution is 6.00. The fourth-order valence-corrected chi connectivity index (χ4v) is 4.57. The van der Waals surface area contributed by atoms with E-state index in [1.165, 1.54) is 29.4 Å². The zero-order chi connectivity index (χ0) is 27.2. The molecule has 1 aromatic carbocycles. The van der Waals surface area contributed by atoms with Gasteiger partial charge in [0.1, 0.15) is 0 Å². The van der Waals surface area contributed by atoms with Gasteiger partial charge in [-0.2, -0.15) is 13.2 Å². The summed E-state index contributed by atoms with van der Waals surface area (Å²) in [5, 5.41) is 2.48. The third-order valence-corrected chi connectivity index (χ3v) is 6.63. The Labute approximate surface area is 217 Å². The Bertz CT molecular complexity index is 1260. The Balaban J connectivity index is 1.65. The predicted octanol–water partition coefficient (Wildman–Crippen LogP) is 8.22. The number of benzene rings is 1. The molecule has 2 aromatic rings. The van der Waals surface area contributed by atoms with Crippen molar-refractivity contribution in [2.75, 3.05) is 5.32 Å². The lowest BCUT2D eigenvalue weighted by atomic mass is 9.71. The van der Waals surface area contributed by atoms with Crippen molar-refractivity contribution in [1.29, 1.82) is 0 Å². The van der Waals surface area contributed by atoms with Crippen molar-refractivity contribution in [3.8, 4) is 0 Å². The van der Waals surface area contributed by atoms with Crippen LogP contribution < -0.4 is 5.32 Å². The van der Waals surface area contributed by atoms with Gasteiger partial charge >= 0.3 is 6.18 Å². The van der Waals surface area contributed by atoms with Gasteiger partial charge in [-0.25, -0.2) is 4.98 Å². The second kappa shape index (κ2) is 11.6.